The molecule has 2 fully saturated rings. The lowest BCUT2D eigenvalue weighted by Gasteiger charge is -2.43. The van der Waals surface area contributed by atoms with Gasteiger partial charge in [0.15, 0.2) is 0 Å². The maximum absolute atomic E-state index is 11.7. The van der Waals surface area contributed by atoms with Gasteiger partial charge in [-0.15, -0.1) is 0 Å². The van der Waals surface area contributed by atoms with E-state index in [1.54, 1.807) is 7.05 Å². The van der Waals surface area contributed by atoms with Crippen molar-refractivity contribution < 1.29 is 4.79 Å². The van der Waals surface area contributed by atoms with Crippen LogP contribution in [0.3, 0.4) is 0 Å². The molecule has 2 rings (SSSR count). The number of hydrogen-bond donors (Lipinski definition) is 1. The summed E-state index contributed by atoms with van der Waals surface area (Å²) in [5.41, 5.74) is 0. The summed E-state index contributed by atoms with van der Waals surface area (Å²) in [6.45, 7) is 1.11. The van der Waals surface area contributed by atoms with Crippen molar-refractivity contribution in [3.63, 3.8) is 0 Å². The van der Waals surface area contributed by atoms with Crippen molar-refractivity contribution in [1.82, 2.24) is 10.2 Å². The molecule has 1 saturated heterocycles. The molecule has 3 nitrogen and oxygen atoms in total. The van der Waals surface area contributed by atoms with Crippen LogP contribution in [0.4, 0.5) is 0 Å². The van der Waals surface area contributed by atoms with Gasteiger partial charge in [0.05, 0.1) is 6.04 Å². The van der Waals surface area contributed by atoms with Gasteiger partial charge in [-0.3, -0.25) is 9.69 Å². The van der Waals surface area contributed by atoms with Gasteiger partial charge in [0.2, 0.25) is 5.91 Å². The zero-order valence-electron chi connectivity index (χ0n) is 9.83. The van der Waals surface area contributed by atoms with Gasteiger partial charge in [0.25, 0.3) is 0 Å². The molecule has 0 aromatic heterocycles. The van der Waals surface area contributed by atoms with Gasteiger partial charge in [-0.05, 0) is 31.7 Å². The van der Waals surface area contributed by atoms with Crippen molar-refractivity contribution in [2.75, 3.05) is 20.6 Å². The van der Waals surface area contributed by atoms with Gasteiger partial charge in [0, 0.05) is 13.6 Å². The summed E-state index contributed by atoms with van der Waals surface area (Å²) in [4.78, 5) is 13.9. The van der Waals surface area contributed by atoms with Crippen LogP contribution >= 0.6 is 0 Å². The number of nitrogens with one attached hydrogen (secondary N) is 1. The second-order valence-electron chi connectivity index (χ2n) is 5.11. The van der Waals surface area contributed by atoms with Gasteiger partial charge < -0.3 is 5.32 Å². The predicted molar refractivity (Wildman–Crippen MR) is 60.5 cm³/mol. The third-order valence-corrected chi connectivity index (χ3v) is 4.20. The van der Waals surface area contributed by atoms with E-state index in [0.717, 1.165) is 24.8 Å². The Kier molecular flexibility index (Phi) is 3.29. The first kappa shape index (κ1) is 10.9. The number of amides is 1. The van der Waals surface area contributed by atoms with E-state index < -0.39 is 0 Å². The fourth-order valence-electron chi connectivity index (χ4n) is 3.27. The molecule has 1 amide bonds. The fraction of sp³-hybridized carbons (Fsp3) is 0.917. The minimum absolute atomic E-state index is 0.120. The van der Waals surface area contributed by atoms with Crippen LogP contribution in [-0.2, 0) is 4.79 Å². The molecular weight excluding hydrogens is 188 g/mol. The summed E-state index contributed by atoms with van der Waals surface area (Å²) in [5.74, 6) is 1.85. The highest BCUT2D eigenvalue weighted by Gasteiger charge is 2.37. The predicted octanol–water partition coefficient (Wildman–Crippen LogP) is 1.24. The lowest BCUT2D eigenvalue weighted by atomic mass is 9.73. The molecule has 3 atom stereocenters. The van der Waals surface area contributed by atoms with Crippen LogP contribution in [-0.4, -0.2) is 37.5 Å². The minimum atomic E-state index is 0.120. The summed E-state index contributed by atoms with van der Waals surface area (Å²) >= 11 is 0. The van der Waals surface area contributed by atoms with E-state index >= 15 is 0 Å². The number of likely N-dealkylation sites (N-methyl/N-ethyl adjacent to an activating group) is 2. The highest BCUT2D eigenvalue weighted by molar-refractivity contribution is 5.81. The maximum atomic E-state index is 11.7. The van der Waals surface area contributed by atoms with Crippen molar-refractivity contribution in [3.05, 3.63) is 0 Å². The highest BCUT2D eigenvalue weighted by atomic mass is 16.2. The lowest BCUT2D eigenvalue weighted by molar-refractivity contribution is -0.128. The van der Waals surface area contributed by atoms with E-state index in [4.69, 9.17) is 0 Å². The van der Waals surface area contributed by atoms with Crippen molar-refractivity contribution in [3.8, 4) is 0 Å². The Labute approximate surface area is 92.2 Å². The van der Waals surface area contributed by atoms with E-state index in [1.165, 1.54) is 25.7 Å². The number of rotatable bonds is 1. The van der Waals surface area contributed by atoms with Crippen molar-refractivity contribution in [2.24, 2.45) is 11.8 Å². The van der Waals surface area contributed by atoms with Crippen molar-refractivity contribution in [1.29, 1.82) is 0 Å². The van der Waals surface area contributed by atoms with Crippen LogP contribution in [0, 0.1) is 11.8 Å². The van der Waals surface area contributed by atoms with E-state index in [1.807, 2.05) is 0 Å². The molecule has 86 valence electrons. The Hall–Kier alpha value is -0.570. The number of nitrogens with zero attached hydrogens (tertiary/aromatic N) is 1. The topological polar surface area (TPSA) is 32.3 Å². The molecule has 1 saturated carbocycles. The first-order chi connectivity index (χ1) is 7.22. The lowest BCUT2D eigenvalue weighted by Crippen LogP contribution is -2.52. The Morgan fingerprint density at radius 2 is 1.93 bits per heavy atom. The second-order valence-corrected chi connectivity index (χ2v) is 5.11. The Morgan fingerprint density at radius 3 is 2.60 bits per heavy atom. The summed E-state index contributed by atoms with van der Waals surface area (Å²) in [7, 11) is 3.83. The quantitative estimate of drug-likeness (QED) is 0.706. The number of likely N-dealkylation sites (tertiary alicyclic amines) is 1. The van der Waals surface area contributed by atoms with Gasteiger partial charge in [-0.2, -0.15) is 0 Å². The van der Waals surface area contributed by atoms with E-state index in [0.29, 0.717) is 0 Å². The molecule has 1 aliphatic heterocycles. The largest absolute Gasteiger partial charge is 0.358 e. The Morgan fingerprint density at radius 1 is 1.27 bits per heavy atom. The molecule has 2 aliphatic rings. The van der Waals surface area contributed by atoms with Crippen LogP contribution in [0.25, 0.3) is 0 Å². The molecule has 1 aliphatic carbocycles. The molecule has 0 aromatic carbocycles. The summed E-state index contributed by atoms with van der Waals surface area (Å²) < 4.78 is 0. The Balaban J connectivity index is 2.01. The number of hydrogen-bond acceptors (Lipinski definition) is 2. The van der Waals surface area contributed by atoms with E-state index in [9.17, 15) is 4.79 Å². The van der Waals surface area contributed by atoms with Gasteiger partial charge >= 0.3 is 0 Å². The number of carbonyl (C=O) groups is 1. The molecule has 15 heavy (non-hydrogen) atoms. The second kappa shape index (κ2) is 4.52. The molecule has 0 bridgehead atoms. The molecule has 0 unspecified atom stereocenters. The smallest absolute Gasteiger partial charge is 0.237 e. The monoisotopic (exact) mass is 210 g/mol. The molecule has 3 heteroatoms. The van der Waals surface area contributed by atoms with Gasteiger partial charge in [0.1, 0.15) is 0 Å². The van der Waals surface area contributed by atoms with Gasteiger partial charge in [-0.1, -0.05) is 19.3 Å². The third kappa shape index (κ3) is 2.17. The van der Waals surface area contributed by atoms with Crippen LogP contribution in [0.5, 0.6) is 0 Å². The summed E-state index contributed by atoms with van der Waals surface area (Å²) in [5, 5.41) is 2.78. The van der Waals surface area contributed by atoms with Crippen LogP contribution < -0.4 is 5.32 Å². The van der Waals surface area contributed by atoms with E-state index in [-0.39, 0.29) is 11.9 Å². The maximum Gasteiger partial charge on any atom is 0.237 e. The van der Waals surface area contributed by atoms with Crippen LogP contribution in [0.1, 0.15) is 32.1 Å². The average Bonchev–Trinajstić information content (AvgIpc) is 2.27. The number of fused-ring (bicyclic) bond motifs is 1. The standard InChI is InChI=1S/C12H22N2O/c1-13-12(15)11-7-9-5-3-4-6-10(9)8-14(11)2/h9-11H,3-8H2,1-2H3,(H,13,15)/t9-,10+,11-/m0/s1. The molecule has 0 radical (unpaired) electrons. The summed E-state index contributed by atoms with van der Waals surface area (Å²) in [6.07, 6.45) is 6.54. The highest BCUT2D eigenvalue weighted by Crippen LogP contribution is 2.37. The molecule has 0 spiro atoms. The van der Waals surface area contributed by atoms with Gasteiger partial charge in [-0.25, -0.2) is 0 Å². The zero-order valence-corrected chi connectivity index (χ0v) is 9.83. The first-order valence-electron chi connectivity index (χ1n) is 6.14. The molecular formula is C12H22N2O. The first-order valence-corrected chi connectivity index (χ1v) is 6.14. The average molecular weight is 210 g/mol. The minimum Gasteiger partial charge on any atom is -0.358 e. The van der Waals surface area contributed by atoms with Crippen LogP contribution in [0.2, 0.25) is 0 Å². The zero-order chi connectivity index (χ0) is 10.8. The normalized spacial score (nSPS) is 37.1. The Bertz CT molecular complexity index is 242. The molecule has 1 heterocycles. The molecule has 1 N–H and O–H groups in total. The molecule has 0 aromatic rings. The van der Waals surface area contributed by atoms with Crippen molar-refractivity contribution >= 4 is 5.91 Å². The van der Waals surface area contributed by atoms with Crippen LogP contribution in [0.15, 0.2) is 0 Å². The number of piperidine rings is 1. The fourth-order valence-corrected chi connectivity index (χ4v) is 3.27. The van der Waals surface area contributed by atoms with E-state index in [2.05, 4.69) is 17.3 Å². The van der Waals surface area contributed by atoms with Crippen molar-refractivity contribution in [2.45, 2.75) is 38.1 Å². The summed E-state index contributed by atoms with van der Waals surface area (Å²) in [6, 6.07) is 0.120. The number of carbonyl (C=O) groups excluding carboxylic acids is 1. The SMILES string of the molecule is CNC(=O)[C@@H]1C[C@@H]2CCCC[C@@H]2CN1C. The third-order valence-electron chi connectivity index (χ3n) is 4.20.